The highest BCUT2D eigenvalue weighted by Gasteiger charge is 2.36. The first-order valence-corrected chi connectivity index (χ1v) is 13.2. The van der Waals surface area contributed by atoms with Gasteiger partial charge in [-0.25, -0.2) is 13.9 Å². The first-order valence-electron chi connectivity index (χ1n) is 10.8. The molecule has 0 saturated carbocycles. The van der Waals surface area contributed by atoms with Crippen molar-refractivity contribution in [2.45, 2.75) is 32.2 Å². The first-order chi connectivity index (χ1) is 17.1. The average Bonchev–Trinajstić information content (AvgIpc) is 3.24. The summed E-state index contributed by atoms with van der Waals surface area (Å²) in [6.45, 7) is 4.62. The second kappa shape index (κ2) is 10.5. The Morgan fingerprint density at radius 1 is 1.19 bits per heavy atom. The second-order valence-corrected chi connectivity index (χ2v) is 11.5. The van der Waals surface area contributed by atoms with Gasteiger partial charge in [0.05, 0.1) is 16.5 Å². The van der Waals surface area contributed by atoms with Gasteiger partial charge < -0.3 is 10.6 Å². The Hall–Kier alpha value is -3.45. The van der Waals surface area contributed by atoms with Crippen LogP contribution in [-0.4, -0.2) is 48.8 Å². The predicted octanol–water partition coefficient (Wildman–Crippen LogP) is 4.60. The van der Waals surface area contributed by atoms with Gasteiger partial charge in [0.25, 0.3) is 11.8 Å². The number of aromatic nitrogens is 3. The van der Waals surface area contributed by atoms with E-state index in [1.807, 2.05) is 0 Å². The fourth-order valence-corrected chi connectivity index (χ4v) is 3.97. The van der Waals surface area contributed by atoms with Crippen LogP contribution in [0.1, 0.15) is 44.6 Å². The van der Waals surface area contributed by atoms with E-state index in [0.29, 0.717) is 17.2 Å². The molecule has 2 heterocycles. The highest BCUT2D eigenvalue weighted by atomic mass is 35.5. The number of nitrogens with one attached hydrogen (secondary N) is 3. The van der Waals surface area contributed by atoms with Gasteiger partial charge in [-0.15, -0.1) is 0 Å². The van der Waals surface area contributed by atoms with Gasteiger partial charge in [-0.2, -0.15) is 18.3 Å². The highest BCUT2D eigenvalue weighted by Crippen LogP contribution is 2.31. The summed E-state index contributed by atoms with van der Waals surface area (Å²) in [5.41, 5.74) is -0.942. The molecule has 3 rings (SSSR count). The van der Waals surface area contributed by atoms with Gasteiger partial charge in [0.15, 0.2) is 11.5 Å². The topological polar surface area (TPSA) is 130 Å². The van der Waals surface area contributed by atoms with Gasteiger partial charge >= 0.3 is 6.18 Å². The van der Waals surface area contributed by atoms with Crippen molar-refractivity contribution in [2.75, 3.05) is 18.1 Å². The molecule has 0 aliphatic carbocycles. The molecular weight excluding hydrogens is 533 g/mol. The maximum absolute atomic E-state index is 13.5. The lowest BCUT2D eigenvalue weighted by Gasteiger charge is -2.17. The summed E-state index contributed by atoms with van der Waals surface area (Å²) in [4.78, 5) is 30.3. The Balaban J connectivity index is 2.02. The van der Waals surface area contributed by atoms with Gasteiger partial charge in [-0.05, 0) is 50.1 Å². The number of aryl methyl sites for hydroxylation is 2. The number of amides is 2. The van der Waals surface area contributed by atoms with Crippen molar-refractivity contribution in [3.63, 3.8) is 0 Å². The molecule has 3 N–H and O–H groups in total. The Kier molecular flexibility index (Phi) is 7.98. The molecule has 0 radical (unpaired) electrons. The molecule has 198 valence electrons. The molecule has 1 aromatic carbocycles. The van der Waals surface area contributed by atoms with E-state index >= 15 is 0 Å². The Bertz CT molecular complexity index is 1470. The van der Waals surface area contributed by atoms with Gasteiger partial charge in [-0.3, -0.25) is 14.4 Å². The summed E-state index contributed by atoms with van der Waals surface area (Å²) in [6.07, 6.45) is -2.21. The average molecular weight is 557 g/mol. The lowest BCUT2D eigenvalue weighted by molar-refractivity contribution is -0.141. The summed E-state index contributed by atoms with van der Waals surface area (Å²) < 4.78 is 60.8. The Morgan fingerprint density at radius 3 is 2.46 bits per heavy atom. The molecule has 37 heavy (non-hydrogen) atoms. The predicted molar refractivity (Wildman–Crippen MR) is 134 cm³/mol. The molecule has 14 heteroatoms. The molecular formula is C23H24ClF3N6O3S. The van der Waals surface area contributed by atoms with Gasteiger partial charge in [0, 0.05) is 39.8 Å². The standard InChI is InChI=1S/C23H24ClF3N6O3S/c1-12-6-5-7-29-20(12)33-17(10-18(32-33)23(25,26)27)22(35)31-19-13(2)8-15(24)9-16(19)21(34)30-11-14(3)37(4,28)36/h5-10,14,28H,11H2,1-4H3,(H,30,34)(H,31,35). The first kappa shape index (κ1) is 28.1. The van der Waals surface area contributed by atoms with E-state index in [1.54, 1.807) is 32.9 Å². The third-order valence-electron chi connectivity index (χ3n) is 5.52. The van der Waals surface area contributed by atoms with Crippen LogP contribution in [0.3, 0.4) is 0 Å². The van der Waals surface area contributed by atoms with Crippen LogP contribution < -0.4 is 10.6 Å². The third-order valence-corrected chi connectivity index (χ3v) is 7.44. The number of carbonyl (C=O) groups excluding carboxylic acids is 2. The van der Waals surface area contributed by atoms with Crippen molar-refractivity contribution < 1.29 is 27.0 Å². The summed E-state index contributed by atoms with van der Waals surface area (Å²) in [6, 6.07) is 6.56. The van der Waals surface area contributed by atoms with Crippen LogP contribution >= 0.6 is 11.6 Å². The van der Waals surface area contributed by atoms with Crippen LogP contribution in [0.2, 0.25) is 5.02 Å². The van der Waals surface area contributed by atoms with E-state index in [9.17, 15) is 27.0 Å². The molecule has 0 spiro atoms. The molecule has 0 aliphatic heterocycles. The molecule has 0 saturated heterocycles. The van der Waals surface area contributed by atoms with E-state index in [-0.39, 0.29) is 28.6 Å². The van der Waals surface area contributed by atoms with Crippen molar-refractivity contribution in [3.8, 4) is 5.82 Å². The SMILES string of the molecule is Cc1cccnc1-n1nc(C(F)(F)F)cc1C(=O)Nc1c(C)cc(Cl)cc1C(=O)NCC(C)S(C)(=N)=O. The van der Waals surface area contributed by atoms with Gasteiger partial charge in [0.1, 0.15) is 5.69 Å². The zero-order valence-corrected chi connectivity index (χ0v) is 21.8. The number of anilines is 1. The summed E-state index contributed by atoms with van der Waals surface area (Å²) in [7, 11) is -2.92. The van der Waals surface area contributed by atoms with E-state index in [1.165, 1.54) is 24.6 Å². The molecule has 9 nitrogen and oxygen atoms in total. The minimum Gasteiger partial charge on any atom is -0.351 e. The smallest absolute Gasteiger partial charge is 0.351 e. The minimum absolute atomic E-state index is 0.0155. The van der Waals surface area contributed by atoms with Crippen molar-refractivity contribution in [3.05, 3.63) is 69.6 Å². The third kappa shape index (κ3) is 6.46. The summed E-state index contributed by atoms with van der Waals surface area (Å²) in [5, 5.41) is 8.15. The lowest BCUT2D eigenvalue weighted by Crippen LogP contribution is -2.34. The van der Waals surface area contributed by atoms with Crippen molar-refractivity contribution in [1.82, 2.24) is 20.1 Å². The van der Waals surface area contributed by atoms with E-state index in [4.69, 9.17) is 16.4 Å². The van der Waals surface area contributed by atoms with Crippen LogP contribution in [0.4, 0.5) is 18.9 Å². The fraction of sp³-hybridized carbons (Fsp3) is 0.304. The van der Waals surface area contributed by atoms with Crippen LogP contribution in [0.15, 0.2) is 36.5 Å². The number of pyridine rings is 1. The lowest BCUT2D eigenvalue weighted by atomic mass is 10.1. The molecule has 0 bridgehead atoms. The van der Waals surface area contributed by atoms with Crippen molar-refractivity contribution in [2.24, 2.45) is 0 Å². The van der Waals surface area contributed by atoms with Crippen molar-refractivity contribution >= 4 is 38.8 Å². The van der Waals surface area contributed by atoms with Crippen LogP contribution in [0.5, 0.6) is 0 Å². The molecule has 2 unspecified atom stereocenters. The number of hydrogen-bond acceptors (Lipinski definition) is 6. The van der Waals surface area contributed by atoms with Crippen LogP contribution in [0, 0.1) is 18.6 Å². The highest BCUT2D eigenvalue weighted by molar-refractivity contribution is 7.92. The van der Waals surface area contributed by atoms with Gasteiger partial charge in [0.2, 0.25) is 0 Å². The van der Waals surface area contributed by atoms with E-state index in [2.05, 4.69) is 20.7 Å². The number of benzene rings is 1. The Labute approximate surface area is 216 Å². The van der Waals surface area contributed by atoms with Crippen molar-refractivity contribution in [1.29, 1.82) is 4.78 Å². The number of alkyl halides is 3. The largest absolute Gasteiger partial charge is 0.435 e. The minimum atomic E-state index is -4.82. The summed E-state index contributed by atoms with van der Waals surface area (Å²) in [5.74, 6) is -1.62. The molecule has 0 aliphatic rings. The number of carbonyl (C=O) groups is 2. The number of halogens is 4. The molecule has 0 fully saturated rings. The number of nitrogens with zero attached hydrogens (tertiary/aromatic N) is 3. The number of rotatable bonds is 7. The summed E-state index contributed by atoms with van der Waals surface area (Å²) >= 11 is 6.12. The maximum atomic E-state index is 13.5. The van der Waals surface area contributed by atoms with E-state index in [0.717, 1.165) is 4.68 Å². The zero-order valence-electron chi connectivity index (χ0n) is 20.2. The Morgan fingerprint density at radius 2 is 1.86 bits per heavy atom. The quantitative estimate of drug-likeness (QED) is 0.391. The van der Waals surface area contributed by atoms with Crippen LogP contribution in [-0.2, 0) is 15.9 Å². The fourth-order valence-electron chi connectivity index (χ4n) is 3.30. The van der Waals surface area contributed by atoms with Gasteiger partial charge in [-0.1, -0.05) is 17.7 Å². The second-order valence-electron chi connectivity index (χ2n) is 8.49. The van der Waals surface area contributed by atoms with E-state index < -0.39 is 44.4 Å². The zero-order chi connectivity index (χ0) is 27.7. The van der Waals surface area contributed by atoms with Crippen LogP contribution in [0.25, 0.3) is 5.82 Å². The molecule has 2 atom stereocenters. The normalized spacial score (nSPS) is 14.1. The molecule has 2 aromatic heterocycles. The number of hydrogen-bond donors (Lipinski definition) is 3. The maximum Gasteiger partial charge on any atom is 0.435 e. The molecule has 3 aromatic rings. The molecule has 2 amide bonds. The monoisotopic (exact) mass is 556 g/mol.